The Labute approximate surface area is 150 Å². The van der Waals surface area contributed by atoms with Crippen LogP contribution in [-0.2, 0) is 4.74 Å². The monoisotopic (exact) mass is 340 g/mol. The molecule has 134 valence electrons. The molecule has 5 heteroatoms. The lowest BCUT2D eigenvalue weighted by Crippen LogP contribution is -2.30. The Balaban J connectivity index is 2.57. The summed E-state index contributed by atoms with van der Waals surface area (Å²) >= 11 is 0. The van der Waals surface area contributed by atoms with Crippen LogP contribution in [0.4, 0.5) is 11.4 Å². The molecule has 0 saturated heterocycles. The van der Waals surface area contributed by atoms with Crippen LogP contribution < -0.4 is 5.73 Å². The van der Waals surface area contributed by atoms with E-state index in [0.717, 1.165) is 47.0 Å². The number of anilines is 1. The van der Waals surface area contributed by atoms with E-state index < -0.39 is 0 Å². The second kappa shape index (κ2) is 8.01. The summed E-state index contributed by atoms with van der Waals surface area (Å²) in [5, 5.41) is 8.23. The van der Waals surface area contributed by atoms with E-state index in [1.807, 2.05) is 45.1 Å². The minimum Gasteiger partial charge on any atom is -0.492 e. The topological polar surface area (TPSA) is 74.7 Å². The maximum Gasteiger partial charge on any atom is 0.146 e. The number of benzene rings is 1. The van der Waals surface area contributed by atoms with Crippen molar-refractivity contribution in [1.82, 2.24) is 4.90 Å². The molecule has 1 aromatic rings. The van der Waals surface area contributed by atoms with E-state index in [4.69, 9.17) is 20.9 Å². The van der Waals surface area contributed by atoms with Crippen LogP contribution in [0.5, 0.6) is 0 Å². The van der Waals surface area contributed by atoms with Crippen molar-refractivity contribution < 1.29 is 4.74 Å². The zero-order chi connectivity index (χ0) is 18.6. The fraction of sp³-hybridized carbons (Fsp3) is 0.400. The van der Waals surface area contributed by atoms with E-state index in [9.17, 15) is 0 Å². The number of nitrogens with zero attached hydrogens (tertiary/aromatic N) is 2. The Morgan fingerprint density at radius 3 is 2.36 bits per heavy atom. The van der Waals surface area contributed by atoms with Gasteiger partial charge in [0.15, 0.2) is 0 Å². The Kier molecular flexibility index (Phi) is 6.02. The van der Waals surface area contributed by atoms with Gasteiger partial charge in [0.1, 0.15) is 5.76 Å². The van der Waals surface area contributed by atoms with E-state index in [1.165, 1.54) is 0 Å². The summed E-state index contributed by atoms with van der Waals surface area (Å²) in [7, 11) is 0. The zero-order valence-corrected chi connectivity index (χ0v) is 15.8. The smallest absolute Gasteiger partial charge is 0.146 e. The molecule has 0 aliphatic heterocycles. The highest BCUT2D eigenvalue weighted by atomic mass is 16.5. The van der Waals surface area contributed by atoms with Gasteiger partial charge in [-0.1, -0.05) is 0 Å². The van der Waals surface area contributed by atoms with Gasteiger partial charge < -0.3 is 15.4 Å². The first-order valence-corrected chi connectivity index (χ1v) is 8.77. The minimum atomic E-state index is 0.382. The third-order valence-electron chi connectivity index (χ3n) is 4.52. The maximum absolute atomic E-state index is 8.23. The average Bonchev–Trinajstić information content (AvgIpc) is 2.60. The first-order chi connectivity index (χ1) is 11.9. The zero-order valence-electron chi connectivity index (χ0n) is 15.8. The number of ether oxygens (including phenoxy) is 1. The van der Waals surface area contributed by atoms with Gasteiger partial charge >= 0.3 is 0 Å². The molecule has 0 unspecified atom stereocenters. The first-order valence-electron chi connectivity index (χ1n) is 8.77. The number of rotatable bonds is 6. The highest BCUT2D eigenvalue weighted by Gasteiger charge is 2.21. The predicted octanol–water partition coefficient (Wildman–Crippen LogP) is 4.14. The Morgan fingerprint density at radius 1 is 1.08 bits per heavy atom. The molecule has 0 radical (unpaired) electrons. The molecule has 25 heavy (non-hydrogen) atoms. The van der Waals surface area contributed by atoms with E-state index >= 15 is 0 Å². The molecule has 0 fully saturated rings. The first kappa shape index (κ1) is 18.8. The maximum atomic E-state index is 8.23. The molecule has 0 spiro atoms. The third-order valence-corrected chi connectivity index (χ3v) is 4.52. The Hall–Kier alpha value is -2.56. The third kappa shape index (κ3) is 3.92. The SMILES string of the molecule is CCOC1=CC(=Nc2ccc(N)c(C)c2C)C(N(CC)CC)=CC1=N. The Morgan fingerprint density at radius 2 is 1.76 bits per heavy atom. The van der Waals surface area contributed by atoms with Gasteiger partial charge in [-0.2, -0.15) is 0 Å². The van der Waals surface area contributed by atoms with Crippen LogP contribution in [-0.4, -0.2) is 36.0 Å². The molecular formula is C20H28N4O. The van der Waals surface area contributed by atoms with E-state index in [2.05, 4.69) is 18.7 Å². The molecule has 0 atom stereocenters. The summed E-state index contributed by atoms with van der Waals surface area (Å²) < 4.78 is 5.60. The lowest BCUT2D eigenvalue weighted by atomic mass is 10.0. The van der Waals surface area contributed by atoms with Crippen LogP contribution in [0.15, 0.2) is 40.7 Å². The summed E-state index contributed by atoms with van der Waals surface area (Å²) in [6.45, 7) is 12.4. The van der Waals surface area contributed by atoms with Crippen LogP contribution >= 0.6 is 0 Å². The Bertz CT molecular complexity index is 755. The number of aliphatic imine (C=N–C) groups is 1. The van der Waals surface area contributed by atoms with Gasteiger partial charge in [-0.05, 0) is 64.0 Å². The van der Waals surface area contributed by atoms with Crippen molar-refractivity contribution in [2.75, 3.05) is 25.4 Å². The van der Waals surface area contributed by atoms with Gasteiger partial charge in [-0.25, -0.2) is 4.99 Å². The number of hydrogen-bond donors (Lipinski definition) is 2. The van der Waals surface area contributed by atoms with Crippen LogP contribution in [0.2, 0.25) is 0 Å². The van der Waals surface area contributed by atoms with Crippen LogP contribution in [0.3, 0.4) is 0 Å². The molecule has 0 aromatic heterocycles. The molecule has 0 heterocycles. The fourth-order valence-electron chi connectivity index (χ4n) is 2.82. The average molecular weight is 340 g/mol. The molecule has 0 saturated carbocycles. The summed E-state index contributed by atoms with van der Waals surface area (Å²) in [5.41, 5.74) is 11.9. The van der Waals surface area contributed by atoms with Crippen molar-refractivity contribution in [3.8, 4) is 0 Å². The molecule has 1 aliphatic rings. The highest BCUT2D eigenvalue weighted by Crippen LogP contribution is 2.28. The summed E-state index contributed by atoms with van der Waals surface area (Å²) in [5.74, 6) is 0.557. The quantitative estimate of drug-likeness (QED) is 0.604. The molecule has 5 nitrogen and oxygen atoms in total. The van der Waals surface area contributed by atoms with Gasteiger partial charge in [0.2, 0.25) is 0 Å². The number of nitrogen functional groups attached to an aromatic ring is 1. The van der Waals surface area contributed by atoms with Crippen molar-refractivity contribution in [3.63, 3.8) is 0 Å². The van der Waals surface area contributed by atoms with Gasteiger partial charge in [0, 0.05) is 24.9 Å². The minimum absolute atomic E-state index is 0.382. The fourth-order valence-corrected chi connectivity index (χ4v) is 2.82. The molecule has 0 amide bonds. The summed E-state index contributed by atoms with van der Waals surface area (Å²) in [6.07, 6.45) is 3.71. The molecule has 3 N–H and O–H groups in total. The standard InChI is InChI=1S/C20H28N4O/c1-6-24(7-2)19-11-16(22)20(25-8-3)12-18(19)23-17-10-9-15(21)13(4)14(17)5/h9-12,22H,6-8,21H2,1-5H3. The van der Waals surface area contributed by atoms with E-state index in [-0.39, 0.29) is 0 Å². The normalized spacial score (nSPS) is 15.9. The summed E-state index contributed by atoms with van der Waals surface area (Å²) in [6, 6.07) is 3.83. The molecule has 2 rings (SSSR count). The lowest BCUT2D eigenvalue weighted by molar-refractivity contribution is 0.249. The van der Waals surface area contributed by atoms with Gasteiger partial charge in [0.25, 0.3) is 0 Å². The van der Waals surface area contributed by atoms with Crippen LogP contribution in [0, 0.1) is 19.3 Å². The van der Waals surface area contributed by atoms with Crippen LogP contribution in [0.1, 0.15) is 31.9 Å². The molecule has 0 bridgehead atoms. The van der Waals surface area contributed by atoms with Crippen LogP contribution in [0.25, 0.3) is 0 Å². The van der Waals surface area contributed by atoms with E-state index in [1.54, 1.807) is 0 Å². The van der Waals surface area contributed by atoms with Gasteiger partial charge in [-0.3, -0.25) is 5.41 Å². The number of allylic oxidation sites excluding steroid dienone is 2. The van der Waals surface area contributed by atoms with Crippen molar-refractivity contribution in [2.45, 2.75) is 34.6 Å². The number of hydrogen-bond acceptors (Lipinski definition) is 5. The highest BCUT2D eigenvalue weighted by molar-refractivity contribution is 6.22. The van der Waals surface area contributed by atoms with Crippen molar-refractivity contribution in [1.29, 1.82) is 5.41 Å². The molecule has 1 aromatic carbocycles. The predicted molar refractivity (Wildman–Crippen MR) is 106 cm³/mol. The number of nitrogens with one attached hydrogen (secondary N) is 1. The van der Waals surface area contributed by atoms with Gasteiger partial charge in [-0.15, -0.1) is 0 Å². The van der Waals surface area contributed by atoms with E-state index in [0.29, 0.717) is 18.1 Å². The second-order valence-corrected chi connectivity index (χ2v) is 5.98. The van der Waals surface area contributed by atoms with Crippen molar-refractivity contribution in [2.24, 2.45) is 4.99 Å². The van der Waals surface area contributed by atoms with Crippen molar-refractivity contribution >= 4 is 22.8 Å². The lowest BCUT2D eigenvalue weighted by Gasteiger charge is -2.27. The van der Waals surface area contributed by atoms with Gasteiger partial charge in [0.05, 0.1) is 29.4 Å². The second-order valence-electron chi connectivity index (χ2n) is 5.98. The van der Waals surface area contributed by atoms with Crippen molar-refractivity contribution in [3.05, 3.63) is 46.9 Å². The molecule has 1 aliphatic carbocycles. The number of nitrogens with two attached hydrogens (primary N) is 1. The summed E-state index contributed by atoms with van der Waals surface area (Å²) in [4.78, 5) is 7.08. The largest absolute Gasteiger partial charge is 0.492 e. The molecular weight excluding hydrogens is 312 g/mol.